The molecule has 3 atom stereocenters. The second-order valence-electron chi connectivity index (χ2n) is 8.16. The fourth-order valence-corrected chi connectivity index (χ4v) is 4.58. The quantitative estimate of drug-likeness (QED) is 0.438. The van der Waals surface area contributed by atoms with E-state index in [1.807, 2.05) is 0 Å². The summed E-state index contributed by atoms with van der Waals surface area (Å²) in [6.45, 7) is 1.80. The van der Waals surface area contributed by atoms with Gasteiger partial charge in [0.05, 0.1) is 34.0 Å². The molecular weight excluding hydrogens is 506 g/mol. The maximum atomic E-state index is 13.4. The van der Waals surface area contributed by atoms with Gasteiger partial charge in [-0.3, -0.25) is 9.69 Å². The van der Waals surface area contributed by atoms with E-state index < -0.39 is 47.1 Å². The summed E-state index contributed by atoms with van der Waals surface area (Å²) in [6.07, 6.45) is 0. The standard InChI is InChI=1S/C26H26ClNO9/c1-14-6-12-17(13-7-14)28-21(24(31)36-4)19(22(29)34-2)18(15-8-10-16(27)11-9-15)20(23(30)35-3)26(28,33)25(32)37-5/h6-13,18,20,33H,1-5H3/t18?,20-,26-/m0/s1. The van der Waals surface area contributed by atoms with Crippen LogP contribution < -0.4 is 4.90 Å². The fourth-order valence-electron chi connectivity index (χ4n) is 4.45. The molecule has 0 saturated heterocycles. The molecule has 0 aliphatic carbocycles. The summed E-state index contributed by atoms with van der Waals surface area (Å²) in [5, 5.41) is 12.5. The molecule has 196 valence electrons. The number of esters is 4. The van der Waals surface area contributed by atoms with Gasteiger partial charge < -0.3 is 24.1 Å². The molecule has 0 amide bonds. The zero-order valence-electron chi connectivity index (χ0n) is 20.8. The van der Waals surface area contributed by atoms with Crippen molar-refractivity contribution in [3.63, 3.8) is 0 Å². The number of ether oxygens (including phenoxy) is 4. The third-order valence-corrected chi connectivity index (χ3v) is 6.40. The third-order valence-electron chi connectivity index (χ3n) is 6.14. The summed E-state index contributed by atoms with van der Waals surface area (Å²) in [6, 6.07) is 12.2. The van der Waals surface area contributed by atoms with Gasteiger partial charge in [-0.1, -0.05) is 41.4 Å². The van der Waals surface area contributed by atoms with E-state index in [1.165, 1.54) is 36.4 Å². The molecule has 1 heterocycles. The number of carbonyl (C=O) groups excluding carboxylic acids is 4. The summed E-state index contributed by atoms with van der Waals surface area (Å²) < 4.78 is 19.9. The van der Waals surface area contributed by atoms with Gasteiger partial charge in [0.1, 0.15) is 11.6 Å². The largest absolute Gasteiger partial charge is 0.469 e. The van der Waals surface area contributed by atoms with Crippen molar-refractivity contribution in [1.82, 2.24) is 0 Å². The smallest absolute Gasteiger partial charge is 0.360 e. The van der Waals surface area contributed by atoms with Gasteiger partial charge in [0.25, 0.3) is 5.72 Å². The van der Waals surface area contributed by atoms with Crippen LogP contribution in [0.25, 0.3) is 0 Å². The van der Waals surface area contributed by atoms with Crippen LogP contribution in [-0.4, -0.2) is 63.1 Å². The van der Waals surface area contributed by atoms with Gasteiger partial charge in [0, 0.05) is 16.6 Å². The number of methoxy groups -OCH3 is 4. The molecule has 1 aliphatic rings. The Bertz CT molecular complexity index is 1240. The number of hydrogen-bond donors (Lipinski definition) is 1. The fraction of sp³-hybridized carbons (Fsp3) is 0.308. The van der Waals surface area contributed by atoms with Crippen molar-refractivity contribution in [2.75, 3.05) is 33.3 Å². The molecule has 37 heavy (non-hydrogen) atoms. The average molecular weight is 532 g/mol. The normalized spacial score (nSPS) is 21.2. The molecule has 1 unspecified atom stereocenters. The van der Waals surface area contributed by atoms with Crippen LogP contribution in [0.5, 0.6) is 0 Å². The number of nitrogens with zero attached hydrogens (tertiary/aromatic N) is 1. The number of benzene rings is 2. The molecule has 3 rings (SSSR count). The van der Waals surface area contributed by atoms with E-state index in [2.05, 4.69) is 0 Å². The molecule has 1 N–H and O–H groups in total. The van der Waals surface area contributed by atoms with Crippen molar-refractivity contribution < 1.29 is 43.2 Å². The Balaban J connectivity index is 2.59. The van der Waals surface area contributed by atoms with Crippen LogP contribution >= 0.6 is 11.6 Å². The summed E-state index contributed by atoms with van der Waals surface area (Å²) in [5.74, 6) is -7.65. The molecule has 1 aliphatic heterocycles. The second-order valence-corrected chi connectivity index (χ2v) is 8.60. The van der Waals surface area contributed by atoms with Gasteiger partial charge in [-0.2, -0.15) is 0 Å². The Morgan fingerprint density at radius 3 is 1.89 bits per heavy atom. The number of hydrogen-bond acceptors (Lipinski definition) is 10. The predicted molar refractivity (Wildman–Crippen MR) is 131 cm³/mol. The molecule has 2 aromatic carbocycles. The monoisotopic (exact) mass is 531 g/mol. The first-order valence-corrected chi connectivity index (χ1v) is 11.4. The minimum Gasteiger partial charge on any atom is -0.469 e. The van der Waals surface area contributed by atoms with E-state index in [1.54, 1.807) is 19.1 Å². The van der Waals surface area contributed by atoms with Gasteiger partial charge in [-0.25, -0.2) is 14.4 Å². The summed E-state index contributed by atoms with van der Waals surface area (Å²) in [7, 11) is 4.23. The lowest BCUT2D eigenvalue weighted by molar-refractivity contribution is -0.181. The first kappa shape index (κ1) is 27.7. The minimum absolute atomic E-state index is 0.0868. The maximum Gasteiger partial charge on any atom is 0.360 e. The Hall–Kier alpha value is -3.89. The summed E-state index contributed by atoms with van der Waals surface area (Å²) in [5.41, 5.74) is -2.57. The molecule has 10 nitrogen and oxygen atoms in total. The van der Waals surface area contributed by atoms with Crippen molar-refractivity contribution in [1.29, 1.82) is 0 Å². The van der Waals surface area contributed by atoms with Crippen molar-refractivity contribution >= 4 is 41.2 Å². The van der Waals surface area contributed by atoms with Gasteiger partial charge in [0.15, 0.2) is 0 Å². The first-order chi connectivity index (χ1) is 17.6. The van der Waals surface area contributed by atoms with Crippen molar-refractivity contribution in [2.24, 2.45) is 5.92 Å². The number of rotatable bonds is 6. The van der Waals surface area contributed by atoms with Crippen LogP contribution in [0.2, 0.25) is 5.02 Å². The highest BCUT2D eigenvalue weighted by atomic mass is 35.5. The highest BCUT2D eigenvalue weighted by Gasteiger charge is 2.65. The van der Waals surface area contributed by atoms with E-state index in [0.717, 1.165) is 38.9 Å². The van der Waals surface area contributed by atoms with Crippen molar-refractivity contribution in [3.05, 3.63) is 76.0 Å². The lowest BCUT2D eigenvalue weighted by Gasteiger charge is -2.49. The summed E-state index contributed by atoms with van der Waals surface area (Å²) in [4.78, 5) is 54.2. The highest BCUT2D eigenvalue weighted by molar-refractivity contribution is 6.30. The number of anilines is 1. The van der Waals surface area contributed by atoms with E-state index in [4.69, 9.17) is 30.5 Å². The third kappa shape index (κ3) is 4.77. The van der Waals surface area contributed by atoms with Crippen LogP contribution in [0.15, 0.2) is 59.8 Å². The molecule has 0 saturated carbocycles. The number of aryl methyl sites for hydroxylation is 1. The number of halogens is 1. The van der Waals surface area contributed by atoms with Crippen LogP contribution in [0.3, 0.4) is 0 Å². The average Bonchev–Trinajstić information content (AvgIpc) is 2.91. The van der Waals surface area contributed by atoms with E-state index >= 15 is 0 Å². The Kier molecular flexibility index (Phi) is 8.25. The van der Waals surface area contributed by atoms with Crippen LogP contribution in [0.1, 0.15) is 17.0 Å². The predicted octanol–water partition coefficient (Wildman–Crippen LogP) is 2.50. The molecule has 0 aromatic heterocycles. The van der Waals surface area contributed by atoms with E-state index in [9.17, 15) is 24.3 Å². The van der Waals surface area contributed by atoms with Crippen LogP contribution in [-0.2, 0) is 38.1 Å². The van der Waals surface area contributed by atoms with Gasteiger partial charge >= 0.3 is 23.9 Å². The topological polar surface area (TPSA) is 129 Å². The van der Waals surface area contributed by atoms with Crippen molar-refractivity contribution in [3.8, 4) is 0 Å². The number of aliphatic hydroxyl groups is 1. The summed E-state index contributed by atoms with van der Waals surface area (Å²) >= 11 is 6.05. The molecule has 0 fully saturated rings. The molecule has 2 aromatic rings. The van der Waals surface area contributed by atoms with Gasteiger partial charge in [0.2, 0.25) is 0 Å². The van der Waals surface area contributed by atoms with Gasteiger partial charge in [-0.05, 0) is 36.8 Å². The molecule has 0 bridgehead atoms. The maximum absolute atomic E-state index is 13.4. The lowest BCUT2D eigenvalue weighted by atomic mass is 9.70. The van der Waals surface area contributed by atoms with E-state index in [0.29, 0.717) is 5.02 Å². The Labute approximate surface area is 218 Å². The lowest BCUT2D eigenvalue weighted by Crippen LogP contribution is -2.67. The van der Waals surface area contributed by atoms with Crippen LogP contribution in [0, 0.1) is 12.8 Å². The van der Waals surface area contributed by atoms with Crippen molar-refractivity contribution in [2.45, 2.75) is 18.6 Å². The molecule has 0 radical (unpaired) electrons. The second kappa shape index (κ2) is 11.0. The van der Waals surface area contributed by atoms with E-state index in [-0.39, 0.29) is 16.8 Å². The SMILES string of the molecule is COC(=O)C1=C(C(=O)OC)N(c2ccc(C)cc2)[C@@](O)(C(=O)OC)[C@H](C(=O)OC)C1c1ccc(Cl)cc1. The zero-order valence-corrected chi connectivity index (χ0v) is 21.6. The molecular formula is C26H26ClNO9. The van der Waals surface area contributed by atoms with Gasteiger partial charge in [-0.15, -0.1) is 0 Å². The van der Waals surface area contributed by atoms with Crippen LogP contribution in [0.4, 0.5) is 5.69 Å². The zero-order chi connectivity index (χ0) is 27.5. The highest BCUT2D eigenvalue weighted by Crippen LogP contribution is 2.50. The molecule has 11 heteroatoms. The minimum atomic E-state index is -2.87. The Morgan fingerprint density at radius 2 is 1.41 bits per heavy atom. The number of carbonyl (C=O) groups is 4. The first-order valence-electron chi connectivity index (χ1n) is 11.0. The molecule has 0 spiro atoms. The Morgan fingerprint density at radius 1 is 0.838 bits per heavy atom.